The van der Waals surface area contributed by atoms with Gasteiger partial charge in [0.2, 0.25) is 0 Å². The van der Waals surface area contributed by atoms with Crippen molar-refractivity contribution in [2.24, 2.45) is 5.92 Å². The first-order valence-corrected chi connectivity index (χ1v) is 8.12. The first kappa shape index (κ1) is 16.6. The fourth-order valence-corrected chi connectivity index (χ4v) is 3.11. The minimum atomic E-state index is -0.120. The van der Waals surface area contributed by atoms with Gasteiger partial charge in [0.1, 0.15) is 5.82 Å². The second-order valence-corrected chi connectivity index (χ2v) is 5.87. The highest BCUT2D eigenvalue weighted by Gasteiger charge is 2.24. The maximum Gasteiger partial charge on any atom is 0.142 e. The van der Waals surface area contributed by atoms with Gasteiger partial charge in [-0.05, 0) is 47.3 Å². The number of rotatable bonds is 8. The van der Waals surface area contributed by atoms with Crippen molar-refractivity contribution in [3.05, 3.63) is 34.1 Å². The van der Waals surface area contributed by atoms with Gasteiger partial charge in [-0.2, -0.15) is 0 Å². The Bertz CT molecular complexity index is 375. The first-order valence-electron chi connectivity index (χ1n) is 7.32. The van der Waals surface area contributed by atoms with Crippen LogP contribution in [0.4, 0.5) is 4.39 Å². The molecule has 1 rings (SSSR count). The van der Waals surface area contributed by atoms with Gasteiger partial charge in [-0.1, -0.05) is 45.7 Å². The minimum absolute atomic E-state index is 0.113. The lowest BCUT2D eigenvalue weighted by molar-refractivity contribution is 0.313. The molecule has 0 saturated heterocycles. The summed E-state index contributed by atoms with van der Waals surface area (Å²) in [6.45, 7) is 7.34. The molecule has 0 bridgehead atoms. The van der Waals surface area contributed by atoms with E-state index in [0.717, 1.165) is 37.8 Å². The van der Waals surface area contributed by atoms with Gasteiger partial charge < -0.3 is 5.32 Å². The van der Waals surface area contributed by atoms with E-state index in [4.69, 9.17) is 0 Å². The third-order valence-electron chi connectivity index (χ3n) is 3.53. The SMILES string of the molecule is CCCC(CCC)C(NCC)c1cccc(Br)c1F. The molecule has 0 heterocycles. The highest BCUT2D eigenvalue weighted by molar-refractivity contribution is 9.10. The number of hydrogen-bond donors (Lipinski definition) is 1. The molecule has 0 aliphatic carbocycles. The van der Waals surface area contributed by atoms with Gasteiger partial charge in [0, 0.05) is 11.6 Å². The number of benzene rings is 1. The predicted octanol–water partition coefficient (Wildman–Crippen LogP) is 5.46. The van der Waals surface area contributed by atoms with E-state index in [1.54, 1.807) is 6.07 Å². The van der Waals surface area contributed by atoms with Crippen molar-refractivity contribution in [1.29, 1.82) is 0 Å². The molecule has 0 saturated carbocycles. The molecule has 0 aromatic heterocycles. The number of nitrogens with one attached hydrogen (secondary N) is 1. The van der Waals surface area contributed by atoms with Crippen LogP contribution in [-0.4, -0.2) is 6.54 Å². The zero-order valence-electron chi connectivity index (χ0n) is 12.2. The monoisotopic (exact) mass is 329 g/mol. The Balaban J connectivity index is 3.06. The maximum atomic E-state index is 14.3. The van der Waals surface area contributed by atoms with Crippen molar-refractivity contribution >= 4 is 15.9 Å². The molecule has 0 fully saturated rings. The lowest BCUT2D eigenvalue weighted by Gasteiger charge is -2.28. The Morgan fingerprint density at radius 3 is 2.32 bits per heavy atom. The molecule has 0 aliphatic heterocycles. The molecule has 19 heavy (non-hydrogen) atoms. The Morgan fingerprint density at radius 2 is 1.79 bits per heavy atom. The summed E-state index contributed by atoms with van der Waals surface area (Å²) >= 11 is 3.29. The second-order valence-electron chi connectivity index (χ2n) is 5.02. The molecular weight excluding hydrogens is 305 g/mol. The standard InChI is InChI=1S/C16H25BrFN/c1-4-8-12(9-5-2)16(19-6-3)13-10-7-11-14(17)15(13)18/h7,10-12,16,19H,4-6,8-9H2,1-3H3. The minimum Gasteiger partial charge on any atom is -0.310 e. The van der Waals surface area contributed by atoms with Crippen molar-refractivity contribution in [2.75, 3.05) is 6.54 Å². The van der Waals surface area contributed by atoms with Gasteiger partial charge in [-0.3, -0.25) is 0 Å². The quantitative estimate of drug-likeness (QED) is 0.668. The summed E-state index contributed by atoms with van der Waals surface area (Å²) in [6.07, 6.45) is 4.55. The van der Waals surface area contributed by atoms with E-state index in [0.29, 0.717) is 10.4 Å². The second kappa shape index (κ2) is 8.70. The van der Waals surface area contributed by atoms with Gasteiger partial charge in [-0.25, -0.2) is 4.39 Å². The fourth-order valence-electron chi connectivity index (χ4n) is 2.73. The Kier molecular flexibility index (Phi) is 7.62. The molecule has 1 N–H and O–H groups in total. The summed E-state index contributed by atoms with van der Waals surface area (Å²) in [5.41, 5.74) is 0.795. The first-order chi connectivity index (χ1) is 9.15. The highest BCUT2D eigenvalue weighted by atomic mass is 79.9. The molecule has 3 heteroatoms. The third kappa shape index (κ3) is 4.57. The molecule has 0 amide bonds. The van der Waals surface area contributed by atoms with Gasteiger partial charge in [0.15, 0.2) is 0 Å². The molecule has 1 aromatic rings. The van der Waals surface area contributed by atoms with Crippen LogP contribution in [0.5, 0.6) is 0 Å². The van der Waals surface area contributed by atoms with E-state index >= 15 is 0 Å². The van der Waals surface area contributed by atoms with Crippen molar-refractivity contribution in [1.82, 2.24) is 5.32 Å². The third-order valence-corrected chi connectivity index (χ3v) is 4.14. The summed E-state index contributed by atoms with van der Waals surface area (Å²) in [5, 5.41) is 3.48. The van der Waals surface area contributed by atoms with Crippen LogP contribution in [0.2, 0.25) is 0 Å². The fraction of sp³-hybridized carbons (Fsp3) is 0.625. The van der Waals surface area contributed by atoms with E-state index in [9.17, 15) is 4.39 Å². The van der Waals surface area contributed by atoms with E-state index in [2.05, 4.69) is 42.0 Å². The zero-order valence-corrected chi connectivity index (χ0v) is 13.8. The average Bonchev–Trinajstić information content (AvgIpc) is 2.40. The Labute approximate surface area is 125 Å². The molecule has 1 aromatic carbocycles. The van der Waals surface area contributed by atoms with Gasteiger partial charge in [-0.15, -0.1) is 0 Å². The van der Waals surface area contributed by atoms with Crippen LogP contribution in [0.1, 0.15) is 58.1 Å². The zero-order chi connectivity index (χ0) is 14.3. The van der Waals surface area contributed by atoms with Crippen molar-refractivity contribution in [2.45, 2.75) is 52.5 Å². The molecule has 108 valence electrons. The van der Waals surface area contributed by atoms with Crippen LogP contribution in [0.3, 0.4) is 0 Å². The van der Waals surface area contributed by atoms with Crippen molar-refractivity contribution < 1.29 is 4.39 Å². The lowest BCUT2D eigenvalue weighted by Crippen LogP contribution is -2.29. The maximum absolute atomic E-state index is 14.3. The molecule has 0 aliphatic rings. The number of hydrogen-bond acceptors (Lipinski definition) is 1. The van der Waals surface area contributed by atoms with Gasteiger partial charge in [0.05, 0.1) is 4.47 Å². The topological polar surface area (TPSA) is 12.0 Å². The van der Waals surface area contributed by atoms with Crippen LogP contribution < -0.4 is 5.32 Å². The van der Waals surface area contributed by atoms with Crippen LogP contribution in [0.15, 0.2) is 22.7 Å². The van der Waals surface area contributed by atoms with Crippen LogP contribution in [-0.2, 0) is 0 Å². The molecule has 0 radical (unpaired) electrons. The van der Waals surface area contributed by atoms with E-state index in [-0.39, 0.29) is 11.9 Å². The highest BCUT2D eigenvalue weighted by Crippen LogP contribution is 2.33. The lowest BCUT2D eigenvalue weighted by atomic mass is 9.86. The number of halogens is 2. The average molecular weight is 330 g/mol. The van der Waals surface area contributed by atoms with Crippen molar-refractivity contribution in [3.63, 3.8) is 0 Å². The van der Waals surface area contributed by atoms with E-state index in [1.165, 1.54) is 0 Å². The smallest absolute Gasteiger partial charge is 0.142 e. The van der Waals surface area contributed by atoms with Crippen LogP contribution in [0, 0.1) is 11.7 Å². The van der Waals surface area contributed by atoms with Crippen LogP contribution >= 0.6 is 15.9 Å². The van der Waals surface area contributed by atoms with Gasteiger partial charge >= 0.3 is 0 Å². The predicted molar refractivity (Wildman–Crippen MR) is 83.8 cm³/mol. The largest absolute Gasteiger partial charge is 0.310 e. The van der Waals surface area contributed by atoms with Crippen molar-refractivity contribution in [3.8, 4) is 0 Å². The Hall–Kier alpha value is -0.410. The molecule has 0 spiro atoms. The molecule has 1 nitrogen and oxygen atoms in total. The van der Waals surface area contributed by atoms with Gasteiger partial charge in [0.25, 0.3) is 0 Å². The molecule has 1 atom stereocenters. The van der Waals surface area contributed by atoms with Crippen LogP contribution in [0.25, 0.3) is 0 Å². The molecule has 1 unspecified atom stereocenters. The molecular formula is C16H25BrFN. The normalized spacial score (nSPS) is 12.9. The summed E-state index contributed by atoms with van der Waals surface area (Å²) in [6, 6.07) is 5.70. The summed E-state index contributed by atoms with van der Waals surface area (Å²) < 4.78 is 14.9. The summed E-state index contributed by atoms with van der Waals surface area (Å²) in [5.74, 6) is 0.379. The van der Waals surface area contributed by atoms with E-state index < -0.39 is 0 Å². The Morgan fingerprint density at radius 1 is 1.16 bits per heavy atom. The van der Waals surface area contributed by atoms with E-state index in [1.807, 2.05) is 12.1 Å². The summed E-state index contributed by atoms with van der Waals surface area (Å²) in [4.78, 5) is 0. The summed E-state index contributed by atoms with van der Waals surface area (Å²) in [7, 11) is 0.